The van der Waals surface area contributed by atoms with E-state index in [1.807, 2.05) is 20.8 Å². The Morgan fingerprint density at radius 2 is 1.96 bits per heavy atom. The first kappa shape index (κ1) is 20.0. The molecular weight excluding hydrogens is 360 g/mol. The van der Waals surface area contributed by atoms with Crippen molar-refractivity contribution in [2.45, 2.75) is 84.2 Å². The molecule has 2 saturated carbocycles. The van der Waals surface area contributed by atoms with Crippen LogP contribution in [0.15, 0.2) is 11.1 Å². The molecule has 6 heteroatoms. The van der Waals surface area contributed by atoms with Crippen molar-refractivity contribution in [2.75, 3.05) is 6.61 Å². The molecule has 1 saturated heterocycles. The van der Waals surface area contributed by atoms with Crippen LogP contribution in [0.25, 0.3) is 0 Å². The lowest BCUT2D eigenvalue weighted by Gasteiger charge is -2.62. The second kappa shape index (κ2) is 6.13. The van der Waals surface area contributed by atoms with Crippen molar-refractivity contribution in [3.8, 4) is 0 Å². The molecular formula is C22H32O6. The Hall–Kier alpha value is -1.24. The predicted molar refractivity (Wildman–Crippen MR) is 101 cm³/mol. The number of ketones is 1. The zero-order valence-corrected chi connectivity index (χ0v) is 17.4. The van der Waals surface area contributed by atoms with Gasteiger partial charge >= 0.3 is 5.97 Å². The Balaban J connectivity index is 1.93. The van der Waals surface area contributed by atoms with E-state index in [-0.39, 0.29) is 23.7 Å². The van der Waals surface area contributed by atoms with Gasteiger partial charge in [-0.3, -0.25) is 9.59 Å². The largest absolute Gasteiger partial charge is 0.450 e. The van der Waals surface area contributed by atoms with Gasteiger partial charge in [-0.05, 0) is 44.6 Å². The summed E-state index contributed by atoms with van der Waals surface area (Å²) < 4.78 is 11.3. The minimum Gasteiger partial charge on any atom is -0.450 e. The number of carbonyl (C=O) groups excluding carboxylic acids is 2. The number of ether oxygens (including phenoxy) is 2. The quantitative estimate of drug-likeness (QED) is 0.525. The fourth-order valence-corrected chi connectivity index (χ4v) is 6.42. The van der Waals surface area contributed by atoms with Crippen LogP contribution >= 0.6 is 0 Å². The summed E-state index contributed by atoms with van der Waals surface area (Å²) in [7, 11) is 0. The highest BCUT2D eigenvalue weighted by Crippen LogP contribution is 2.61. The van der Waals surface area contributed by atoms with Gasteiger partial charge in [0.15, 0.2) is 11.9 Å². The van der Waals surface area contributed by atoms with Gasteiger partial charge in [0, 0.05) is 24.7 Å². The molecule has 28 heavy (non-hydrogen) atoms. The first-order chi connectivity index (χ1) is 12.9. The van der Waals surface area contributed by atoms with Crippen LogP contribution in [0.2, 0.25) is 0 Å². The highest BCUT2D eigenvalue weighted by molar-refractivity contribution is 5.94. The lowest BCUT2D eigenvalue weighted by Crippen LogP contribution is -2.68. The number of aliphatic hydroxyl groups excluding tert-OH is 1. The number of hydrogen-bond acceptors (Lipinski definition) is 6. The predicted octanol–water partition coefficient (Wildman–Crippen LogP) is 2.16. The summed E-state index contributed by atoms with van der Waals surface area (Å²) in [5.41, 5.74) is -1.14. The number of esters is 1. The number of allylic oxidation sites excluding steroid dienone is 1. The SMILES string of the molecule is CC(=O)OC1C(=O)C2(C)C(O)C[C@H]3OCC3C2C[C@]2(O)CCC(C)=C1C2(C)C. The molecule has 0 aromatic rings. The molecule has 0 aromatic heterocycles. The molecule has 1 aliphatic heterocycles. The number of carbonyl (C=O) groups is 2. The summed E-state index contributed by atoms with van der Waals surface area (Å²) in [6.45, 7) is 9.49. The van der Waals surface area contributed by atoms with Gasteiger partial charge in [0.2, 0.25) is 0 Å². The molecule has 2 N–H and O–H groups in total. The molecule has 3 fully saturated rings. The van der Waals surface area contributed by atoms with Crippen LogP contribution < -0.4 is 0 Å². The van der Waals surface area contributed by atoms with Crippen molar-refractivity contribution in [3.63, 3.8) is 0 Å². The van der Waals surface area contributed by atoms with E-state index in [1.165, 1.54) is 6.92 Å². The highest BCUT2D eigenvalue weighted by atomic mass is 16.5. The second-order valence-corrected chi connectivity index (χ2v) is 10.1. The van der Waals surface area contributed by atoms with Crippen molar-refractivity contribution in [3.05, 3.63) is 11.1 Å². The van der Waals surface area contributed by atoms with Crippen LogP contribution in [0.5, 0.6) is 0 Å². The summed E-state index contributed by atoms with van der Waals surface area (Å²) in [6.07, 6.45) is 0.0623. The summed E-state index contributed by atoms with van der Waals surface area (Å²) in [5.74, 6) is -0.857. The van der Waals surface area contributed by atoms with Crippen LogP contribution in [0.3, 0.4) is 0 Å². The van der Waals surface area contributed by atoms with E-state index in [0.29, 0.717) is 37.9 Å². The third-order valence-electron chi connectivity index (χ3n) is 8.50. The van der Waals surface area contributed by atoms with Crippen LogP contribution in [-0.4, -0.2) is 52.5 Å². The number of Topliss-reactive ketones (excluding diaryl/α,β-unsaturated/α-hetero) is 1. The van der Waals surface area contributed by atoms with Gasteiger partial charge < -0.3 is 19.7 Å². The molecule has 0 amide bonds. The molecule has 0 radical (unpaired) electrons. The maximum Gasteiger partial charge on any atom is 0.303 e. The van der Waals surface area contributed by atoms with Gasteiger partial charge in [-0.1, -0.05) is 19.4 Å². The number of rotatable bonds is 1. The Kier molecular flexibility index (Phi) is 4.39. The molecule has 0 spiro atoms. The van der Waals surface area contributed by atoms with Crippen molar-refractivity contribution in [2.24, 2.45) is 22.7 Å². The smallest absolute Gasteiger partial charge is 0.303 e. The van der Waals surface area contributed by atoms with Crippen molar-refractivity contribution in [1.29, 1.82) is 0 Å². The molecule has 4 aliphatic rings. The normalized spacial score (nSPS) is 47.2. The summed E-state index contributed by atoms with van der Waals surface area (Å²) >= 11 is 0. The standard InChI is InChI=1S/C22H32O6/c1-11-6-7-22(26)9-14-13-10-27-15(13)8-16(24)21(14,5)19(25)18(28-12(2)23)17(11)20(22,3)4/h13-16,18,24,26H,6-10H2,1-5H3/t13?,14?,15-,16?,18?,21?,22-/m1/s1. The Bertz CT molecular complexity index is 754. The number of aliphatic hydroxyl groups is 2. The van der Waals surface area contributed by atoms with E-state index < -0.39 is 34.6 Å². The molecule has 2 bridgehead atoms. The average molecular weight is 392 g/mol. The van der Waals surface area contributed by atoms with Crippen LogP contribution in [0, 0.1) is 22.7 Å². The minimum absolute atomic E-state index is 0.0699. The topological polar surface area (TPSA) is 93.1 Å². The van der Waals surface area contributed by atoms with Gasteiger partial charge in [-0.15, -0.1) is 0 Å². The van der Waals surface area contributed by atoms with Crippen molar-refractivity contribution < 1.29 is 29.3 Å². The van der Waals surface area contributed by atoms with Crippen LogP contribution in [-0.2, 0) is 19.1 Å². The van der Waals surface area contributed by atoms with E-state index in [1.54, 1.807) is 6.92 Å². The molecule has 7 atom stereocenters. The summed E-state index contributed by atoms with van der Waals surface area (Å²) in [4.78, 5) is 25.9. The number of hydrogen-bond donors (Lipinski definition) is 2. The van der Waals surface area contributed by atoms with E-state index in [2.05, 4.69) is 0 Å². The maximum atomic E-state index is 13.9. The Morgan fingerprint density at radius 1 is 1.29 bits per heavy atom. The maximum absolute atomic E-state index is 13.9. The molecule has 4 rings (SSSR count). The third kappa shape index (κ3) is 2.44. The molecule has 5 unspecified atom stereocenters. The zero-order chi connectivity index (χ0) is 20.6. The molecule has 156 valence electrons. The van der Waals surface area contributed by atoms with Gasteiger partial charge in [-0.2, -0.15) is 0 Å². The molecule has 3 aliphatic carbocycles. The lowest BCUT2D eigenvalue weighted by atomic mass is 9.47. The fourth-order valence-electron chi connectivity index (χ4n) is 6.42. The third-order valence-corrected chi connectivity index (χ3v) is 8.50. The van der Waals surface area contributed by atoms with E-state index in [9.17, 15) is 19.8 Å². The summed E-state index contributed by atoms with van der Waals surface area (Å²) in [6, 6.07) is 0. The number of fused-ring (bicyclic) bond motifs is 5. The van der Waals surface area contributed by atoms with Gasteiger partial charge in [0.05, 0.1) is 29.8 Å². The van der Waals surface area contributed by atoms with Gasteiger partial charge in [0.25, 0.3) is 0 Å². The highest BCUT2D eigenvalue weighted by Gasteiger charge is 2.66. The summed E-state index contributed by atoms with van der Waals surface area (Å²) in [5, 5.41) is 22.9. The zero-order valence-electron chi connectivity index (χ0n) is 17.4. The van der Waals surface area contributed by atoms with Crippen LogP contribution in [0.4, 0.5) is 0 Å². The lowest BCUT2D eigenvalue weighted by molar-refractivity contribution is -0.242. The van der Waals surface area contributed by atoms with Crippen molar-refractivity contribution in [1.82, 2.24) is 0 Å². The molecule has 6 nitrogen and oxygen atoms in total. The van der Waals surface area contributed by atoms with Gasteiger partial charge in [-0.25, -0.2) is 0 Å². The molecule has 0 aromatic carbocycles. The monoisotopic (exact) mass is 392 g/mol. The minimum atomic E-state index is -1.08. The average Bonchev–Trinajstić information content (AvgIpc) is 2.57. The van der Waals surface area contributed by atoms with Crippen LogP contribution in [0.1, 0.15) is 60.3 Å². The van der Waals surface area contributed by atoms with E-state index in [0.717, 1.165) is 5.57 Å². The first-order valence-corrected chi connectivity index (χ1v) is 10.4. The van der Waals surface area contributed by atoms with E-state index in [4.69, 9.17) is 9.47 Å². The Morgan fingerprint density at radius 3 is 2.54 bits per heavy atom. The Labute approximate surface area is 166 Å². The molecule has 1 heterocycles. The fraction of sp³-hybridized carbons (Fsp3) is 0.818. The second-order valence-electron chi connectivity index (χ2n) is 10.1. The van der Waals surface area contributed by atoms with E-state index >= 15 is 0 Å². The first-order valence-electron chi connectivity index (χ1n) is 10.4. The van der Waals surface area contributed by atoms with Gasteiger partial charge in [0.1, 0.15) is 0 Å². The van der Waals surface area contributed by atoms with Crippen molar-refractivity contribution >= 4 is 11.8 Å².